The number of nitro benzene ring substituents is 1. The normalized spacial score (nSPS) is 16.8. The summed E-state index contributed by atoms with van der Waals surface area (Å²) in [5.41, 5.74) is 0.212. The van der Waals surface area contributed by atoms with Gasteiger partial charge in [-0.25, -0.2) is 0 Å². The van der Waals surface area contributed by atoms with Crippen LogP contribution in [0.2, 0.25) is 0 Å². The highest BCUT2D eigenvalue weighted by Gasteiger charge is 2.26. The summed E-state index contributed by atoms with van der Waals surface area (Å²) >= 11 is 1.15. The molecule has 1 amide bonds. The predicted octanol–water partition coefficient (Wildman–Crippen LogP) is 1.73. The molecule has 1 aliphatic heterocycles. The fraction of sp³-hybridized carbons (Fsp3) is 0.400. The van der Waals surface area contributed by atoms with E-state index in [9.17, 15) is 14.9 Å². The van der Waals surface area contributed by atoms with Crippen molar-refractivity contribution >= 4 is 35.8 Å². The van der Waals surface area contributed by atoms with E-state index in [-0.39, 0.29) is 30.0 Å². The molecule has 1 aromatic heterocycles. The Morgan fingerprint density at radius 1 is 1.46 bits per heavy atom. The molecule has 2 heterocycles. The molecule has 0 aliphatic carbocycles. The Morgan fingerprint density at radius 3 is 2.85 bits per heavy atom. The van der Waals surface area contributed by atoms with Crippen molar-refractivity contribution in [2.75, 3.05) is 19.6 Å². The van der Waals surface area contributed by atoms with E-state index >= 15 is 0 Å². The summed E-state index contributed by atoms with van der Waals surface area (Å²) in [6, 6.07) is 4.61. The average Bonchev–Trinajstić information content (AvgIpc) is 3.00. The lowest BCUT2D eigenvalue weighted by molar-refractivity contribution is -0.387. The van der Waals surface area contributed by atoms with Gasteiger partial charge in [-0.05, 0) is 30.8 Å². The monoisotopic (exact) mass is 398 g/mol. The average molecular weight is 399 g/mol. The van der Waals surface area contributed by atoms with Crippen LogP contribution in [-0.2, 0) is 7.05 Å². The van der Waals surface area contributed by atoms with Gasteiger partial charge in [-0.1, -0.05) is 0 Å². The number of nitrogens with one attached hydrogen (secondary N) is 1. The lowest BCUT2D eigenvalue weighted by Gasteiger charge is -2.34. The van der Waals surface area contributed by atoms with Crippen LogP contribution in [0.3, 0.4) is 0 Å². The zero-order valence-electron chi connectivity index (χ0n) is 14.3. The number of carbonyl (C=O) groups is 1. The summed E-state index contributed by atoms with van der Waals surface area (Å²) in [5, 5.41) is 22.9. The molecule has 3 rings (SSSR count). The summed E-state index contributed by atoms with van der Waals surface area (Å²) in [6.07, 6.45) is 1.53. The number of amides is 1. The van der Waals surface area contributed by atoms with Crippen molar-refractivity contribution in [2.24, 2.45) is 7.05 Å². The van der Waals surface area contributed by atoms with Gasteiger partial charge in [0.2, 0.25) is 0 Å². The minimum absolute atomic E-state index is 0. The first-order valence-electron chi connectivity index (χ1n) is 7.79. The van der Waals surface area contributed by atoms with Gasteiger partial charge >= 0.3 is 0 Å². The molecule has 1 saturated heterocycles. The smallest absolute Gasteiger partial charge is 0.284 e. The first-order chi connectivity index (χ1) is 12.0. The highest BCUT2D eigenvalue weighted by molar-refractivity contribution is 7.99. The number of hydrogen-bond acceptors (Lipinski definition) is 7. The van der Waals surface area contributed by atoms with Crippen LogP contribution in [0.5, 0.6) is 0 Å². The molecule has 1 fully saturated rings. The van der Waals surface area contributed by atoms with Gasteiger partial charge in [-0.15, -0.1) is 22.6 Å². The topological polar surface area (TPSA) is 106 Å². The van der Waals surface area contributed by atoms with E-state index in [1.54, 1.807) is 28.6 Å². The number of piperazine rings is 1. The Labute approximate surface area is 160 Å². The summed E-state index contributed by atoms with van der Waals surface area (Å²) < 4.78 is 1.68. The van der Waals surface area contributed by atoms with Crippen molar-refractivity contribution in [1.82, 2.24) is 25.0 Å². The van der Waals surface area contributed by atoms with Crippen molar-refractivity contribution in [1.29, 1.82) is 0 Å². The number of halogens is 1. The number of aromatic nitrogens is 3. The van der Waals surface area contributed by atoms with Crippen LogP contribution in [0, 0.1) is 10.1 Å². The maximum absolute atomic E-state index is 12.7. The third-order valence-electron chi connectivity index (χ3n) is 4.04. The van der Waals surface area contributed by atoms with Crippen LogP contribution in [0.25, 0.3) is 0 Å². The molecule has 0 bridgehead atoms. The summed E-state index contributed by atoms with van der Waals surface area (Å²) in [6.45, 7) is 3.98. The third-order valence-corrected chi connectivity index (χ3v) is 5.15. The summed E-state index contributed by atoms with van der Waals surface area (Å²) in [5.74, 6) is -0.188. The minimum atomic E-state index is -0.476. The van der Waals surface area contributed by atoms with Crippen LogP contribution in [0.4, 0.5) is 5.69 Å². The van der Waals surface area contributed by atoms with Crippen molar-refractivity contribution in [3.63, 3.8) is 0 Å². The number of nitro groups is 1. The molecule has 0 saturated carbocycles. The van der Waals surface area contributed by atoms with Gasteiger partial charge in [-0.3, -0.25) is 14.9 Å². The fourth-order valence-corrected chi connectivity index (χ4v) is 3.50. The molecule has 1 aliphatic rings. The number of nitrogens with zero attached hydrogens (tertiary/aromatic N) is 5. The SMILES string of the molecule is C[C@@H]1CNCCN1C(=O)c1ccc(Sc2nncn2C)c([N+](=O)[O-])c1.Cl. The van der Waals surface area contributed by atoms with E-state index in [4.69, 9.17) is 0 Å². The second kappa shape index (κ2) is 8.47. The second-order valence-corrected chi connectivity index (χ2v) is 6.83. The molecule has 0 unspecified atom stereocenters. The number of benzene rings is 1. The quantitative estimate of drug-likeness (QED) is 0.617. The molecule has 1 atom stereocenters. The van der Waals surface area contributed by atoms with Gasteiger partial charge < -0.3 is 14.8 Å². The van der Waals surface area contributed by atoms with Crippen LogP contribution < -0.4 is 5.32 Å². The predicted molar refractivity (Wildman–Crippen MR) is 98.8 cm³/mol. The molecule has 9 nitrogen and oxygen atoms in total. The van der Waals surface area contributed by atoms with E-state index in [0.29, 0.717) is 28.7 Å². The highest BCUT2D eigenvalue weighted by Crippen LogP contribution is 2.34. The zero-order valence-corrected chi connectivity index (χ0v) is 15.9. The Bertz CT molecular complexity index is 814. The van der Waals surface area contributed by atoms with Gasteiger partial charge in [0.05, 0.1) is 9.82 Å². The molecular formula is C15H19ClN6O3S. The van der Waals surface area contributed by atoms with Crippen LogP contribution in [-0.4, -0.2) is 56.2 Å². The van der Waals surface area contributed by atoms with Crippen molar-refractivity contribution < 1.29 is 9.72 Å². The number of hydrogen-bond donors (Lipinski definition) is 1. The van der Waals surface area contributed by atoms with Crippen molar-refractivity contribution in [2.45, 2.75) is 23.0 Å². The first kappa shape index (κ1) is 20.1. The molecule has 140 valence electrons. The van der Waals surface area contributed by atoms with Crippen molar-refractivity contribution in [3.8, 4) is 0 Å². The molecule has 1 N–H and O–H groups in total. The van der Waals surface area contributed by atoms with E-state index < -0.39 is 4.92 Å². The van der Waals surface area contributed by atoms with Crippen molar-refractivity contribution in [3.05, 3.63) is 40.2 Å². The molecule has 2 aromatic rings. The Balaban J connectivity index is 0.00000243. The molecule has 0 radical (unpaired) electrons. The van der Waals surface area contributed by atoms with E-state index in [1.165, 1.54) is 12.4 Å². The maximum Gasteiger partial charge on any atom is 0.284 e. The van der Waals surface area contributed by atoms with E-state index in [1.807, 2.05) is 6.92 Å². The largest absolute Gasteiger partial charge is 0.333 e. The highest BCUT2D eigenvalue weighted by atomic mass is 35.5. The lowest BCUT2D eigenvalue weighted by Crippen LogP contribution is -2.52. The Kier molecular flexibility index (Phi) is 6.57. The number of carbonyl (C=O) groups excluding carboxylic acids is 1. The second-order valence-electron chi connectivity index (χ2n) is 5.82. The van der Waals surface area contributed by atoms with Crippen LogP contribution in [0.15, 0.2) is 34.6 Å². The van der Waals surface area contributed by atoms with Gasteiger partial charge in [-0.2, -0.15) is 0 Å². The van der Waals surface area contributed by atoms with Crippen LogP contribution in [0.1, 0.15) is 17.3 Å². The molecular weight excluding hydrogens is 380 g/mol. The van der Waals surface area contributed by atoms with Gasteiger partial charge in [0, 0.05) is 44.4 Å². The van der Waals surface area contributed by atoms with E-state index in [0.717, 1.165) is 18.3 Å². The summed E-state index contributed by atoms with van der Waals surface area (Å²) in [4.78, 5) is 25.9. The first-order valence-corrected chi connectivity index (χ1v) is 8.61. The number of rotatable bonds is 4. The van der Waals surface area contributed by atoms with Gasteiger partial charge in [0.1, 0.15) is 6.33 Å². The minimum Gasteiger partial charge on any atom is -0.333 e. The fourth-order valence-electron chi connectivity index (χ4n) is 2.65. The Morgan fingerprint density at radius 2 is 2.23 bits per heavy atom. The third kappa shape index (κ3) is 4.14. The molecule has 1 aromatic carbocycles. The maximum atomic E-state index is 12.7. The summed E-state index contributed by atoms with van der Waals surface area (Å²) in [7, 11) is 1.76. The standard InChI is InChI=1S/C15H18N6O3S.ClH/c1-10-8-16-5-6-20(10)14(22)11-3-4-13(12(7-11)21(23)24)25-15-18-17-9-19(15)2;/h3-4,7,9-10,16H,5-6,8H2,1-2H3;1H/t10-;/m1./s1. The Hall–Kier alpha value is -2.17. The van der Waals surface area contributed by atoms with Crippen LogP contribution >= 0.6 is 24.2 Å². The van der Waals surface area contributed by atoms with Gasteiger partial charge in [0.25, 0.3) is 11.6 Å². The molecule has 11 heteroatoms. The molecule has 0 spiro atoms. The lowest BCUT2D eigenvalue weighted by atomic mass is 10.1. The molecule has 26 heavy (non-hydrogen) atoms. The van der Waals surface area contributed by atoms with E-state index in [2.05, 4.69) is 15.5 Å². The number of aryl methyl sites for hydroxylation is 1. The van der Waals surface area contributed by atoms with Gasteiger partial charge in [0.15, 0.2) is 5.16 Å². The zero-order chi connectivity index (χ0) is 18.0.